The number of nitrogens with one attached hydrogen (secondary N) is 3. The number of hydrazine groups is 1. The Kier molecular flexibility index (Phi) is 3.92. The summed E-state index contributed by atoms with van der Waals surface area (Å²) in [5.74, 6) is -2.14. The normalized spacial score (nSPS) is 13.4. The number of hydrogen-bond donors (Lipinski definition) is 3. The molecule has 1 fully saturated rings. The Morgan fingerprint density at radius 2 is 1.83 bits per heavy atom. The van der Waals surface area contributed by atoms with E-state index in [1.54, 1.807) is 31.2 Å². The number of hydrogen-bond acceptors (Lipinski definition) is 4. The molecule has 0 bridgehead atoms. The zero-order valence-corrected chi connectivity index (χ0v) is 12.6. The van der Waals surface area contributed by atoms with Gasteiger partial charge in [0.2, 0.25) is 0 Å². The standard InChI is InChI=1S/C16H16N4O3/c1-9-8-12(11-4-2-3-5-13(11)17-9)14(21)19-20-16(23)15(22)18-10-6-7-10/h2-5,8,10H,6-7H2,1H3,(H,18,22)(H,19,21)(H,20,23). The van der Waals surface area contributed by atoms with E-state index in [0.717, 1.165) is 12.8 Å². The summed E-state index contributed by atoms with van der Waals surface area (Å²) in [7, 11) is 0. The number of rotatable bonds is 2. The number of amides is 3. The number of fused-ring (bicyclic) bond motifs is 1. The highest BCUT2D eigenvalue weighted by molar-refractivity contribution is 6.35. The van der Waals surface area contributed by atoms with Gasteiger partial charge in [-0.25, -0.2) is 0 Å². The molecule has 7 nitrogen and oxygen atoms in total. The van der Waals surface area contributed by atoms with Crippen molar-refractivity contribution < 1.29 is 14.4 Å². The minimum atomic E-state index is -0.889. The van der Waals surface area contributed by atoms with Gasteiger partial charge >= 0.3 is 11.8 Å². The number of aromatic nitrogens is 1. The van der Waals surface area contributed by atoms with Crippen LogP contribution in [0.25, 0.3) is 10.9 Å². The van der Waals surface area contributed by atoms with E-state index in [0.29, 0.717) is 22.2 Å². The van der Waals surface area contributed by atoms with Gasteiger partial charge in [0.05, 0.1) is 11.1 Å². The van der Waals surface area contributed by atoms with Crippen LogP contribution in [0.3, 0.4) is 0 Å². The Labute approximate surface area is 132 Å². The highest BCUT2D eigenvalue weighted by Crippen LogP contribution is 2.18. The molecule has 0 atom stereocenters. The maximum atomic E-state index is 12.3. The maximum Gasteiger partial charge on any atom is 0.327 e. The van der Waals surface area contributed by atoms with Crippen molar-refractivity contribution in [2.45, 2.75) is 25.8 Å². The first-order valence-corrected chi connectivity index (χ1v) is 7.32. The van der Waals surface area contributed by atoms with Gasteiger partial charge in [-0.2, -0.15) is 0 Å². The molecule has 1 heterocycles. The number of nitrogens with zero attached hydrogens (tertiary/aromatic N) is 1. The minimum Gasteiger partial charge on any atom is -0.345 e. The Balaban J connectivity index is 1.70. The molecule has 0 unspecified atom stereocenters. The van der Waals surface area contributed by atoms with Crippen molar-refractivity contribution in [3.8, 4) is 0 Å². The van der Waals surface area contributed by atoms with Gasteiger partial charge in [0.15, 0.2) is 0 Å². The third kappa shape index (κ3) is 3.45. The van der Waals surface area contributed by atoms with Crippen molar-refractivity contribution in [2.24, 2.45) is 0 Å². The average Bonchev–Trinajstić information content (AvgIpc) is 3.35. The number of pyridine rings is 1. The lowest BCUT2D eigenvalue weighted by Gasteiger charge is -2.10. The van der Waals surface area contributed by atoms with Crippen molar-refractivity contribution in [1.82, 2.24) is 21.2 Å². The van der Waals surface area contributed by atoms with Crippen LogP contribution in [-0.4, -0.2) is 28.7 Å². The first-order chi connectivity index (χ1) is 11.0. The second-order valence-corrected chi connectivity index (χ2v) is 5.48. The summed E-state index contributed by atoms with van der Waals surface area (Å²) in [6, 6.07) is 8.93. The van der Waals surface area contributed by atoms with Crippen LogP contribution in [-0.2, 0) is 9.59 Å². The summed E-state index contributed by atoms with van der Waals surface area (Å²) in [6.45, 7) is 1.78. The third-order valence-electron chi connectivity index (χ3n) is 3.50. The predicted octanol–water partition coefficient (Wildman–Crippen LogP) is 0.583. The number of carbonyl (C=O) groups is 3. The maximum absolute atomic E-state index is 12.3. The van der Waals surface area contributed by atoms with Crippen molar-refractivity contribution in [2.75, 3.05) is 0 Å². The Morgan fingerprint density at radius 1 is 1.09 bits per heavy atom. The Hall–Kier alpha value is -2.96. The largest absolute Gasteiger partial charge is 0.345 e. The van der Waals surface area contributed by atoms with Crippen molar-refractivity contribution in [1.29, 1.82) is 0 Å². The lowest BCUT2D eigenvalue weighted by molar-refractivity contribution is -0.139. The van der Waals surface area contributed by atoms with Crippen molar-refractivity contribution in [3.05, 3.63) is 41.6 Å². The monoisotopic (exact) mass is 312 g/mol. The number of carbonyl (C=O) groups excluding carboxylic acids is 3. The van der Waals surface area contributed by atoms with Gasteiger partial charge in [-0.3, -0.25) is 30.2 Å². The molecule has 1 aromatic carbocycles. The predicted molar refractivity (Wildman–Crippen MR) is 83.3 cm³/mol. The fraction of sp³-hybridized carbons (Fsp3) is 0.250. The van der Waals surface area contributed by atoms with Gasteiger partial charge < -0.3 is 5.32 Å². The van der Waals surface area contributed by atoms with Crippen molar-refractivity contribution in [3.63, 3.8) is 0 Å². The van der Waals surface area contributed by atoms with Crippen LogP contribution < -0.4 is 16.2 Å². The Morgan fingerprint density at radius 3 is 2.57 bits per heavy atom. The molecule has 1 aliphatic carbocycles. The van der Waals surface area contributed by atoms with Gasteiger partial charge in [-0.05, 0) is 31.9 Å². The van der Waals surface area contributed by atoms with Crippen LogP contribution in [0.5, 0.6) is 0 Å². The van der Waals surface area contributed by atoms with E-state index in [9.17, 15) is 14.4 Å². The molecule has 3 amide bonds. The molecule has 1 saturated carbocycles. The van der Waals surface area contributed by atoms with E-state index in [4.69, 9.17) is 0 Å². The van der Waals surface area contributed by atoms with Crippen molar-refractivity contribution >= 4 is 28.6 Å². The fourth-order valence-corrected chi connectivity index (χ4v) is 2.21. The van der Waals surface area contributed by atoms with Crippen LogP contribution in [0.2, 0.25) is 0 Å². The van der Waals surface area contributed by atoms with Gasteiger partial charge in [-0.1, -0.05) is 18.2 Å². The summed E-state index contributed by atoms with van der Waals surface area (Å²) >= 11 is 0. The SMILES string of the molecule is Cc1cc(C(=O)NNC(=O)C(=O)NC2CC2)c2ccccc2n1. The molecule has 2 aromatic rings. The second-order valence-electron chi connectivity index (χ2n) is 5.48. The first-order valence-electron chi connectivity index (χ1n) is 7.32. The fourth-order valence-electron chi connectivity index (χ4n) is 2.21. The zero-order valence-electron chi connectivity index (χ0n) is 12.6. The number of benzene rings is 1. The summed E-state index contributed by atoms with van der Waals surface area (Å²) in [4.78, 5) is 39.8. The topological polar surface area (TPSA) is 100 Å². The molecule has 0 saturated heterocycles. The molecule has 3 N–H and O–H groups in total. The summed E-state index contributed by atoms with van der Waals surface area (Å²) in [6.07, 6.45) is 1.77. The molecular formula is C16H16N4O3. The van der Waals surface area contributed by atoms with Gasteiger partial charge in [-0.15, -0.1) is 0 Å². The van der Waals surface area contributed by atoms with Crippen LogP contribution >= 0.6 is 0 Å². The van der Waals surface area contributed by atoms with E-state index in [1.165, 1.54) is 0 Å². The smallest absolute Gasteiger partial charge is 0.327 e. The van der Waals surface area contributed by atoms with Gasteiger partial charge in [0.1, 0.15) is 0 Å². The van der Waals surface area contributed by atoms with E-state index >= 15 is 0 Å². The highest BCUT2D eigenvalue weighted by Gasteiger charge is 2.26. The lowest BCUT2D eigenvalue weighted by Crippen LogP contribution is -2.49. The molecular weight excluding hydrogens is 296 g/mol. The Bertz CT molecular complexity index is 799. The van der Waals surface area contributed by atoms with Crippen LogP contribution in [0.4, 0.5) is 0 Å². The lowest BCUT2D eigenvalue weighted by atomic mass is 10.1. The van der Waals surface area contributed by atoms with Crippen LogP contribution in [0.15, 0.2) is 30.3 Å². The molecule has 7 heteroatoms. The summed E-state index contributed by atoms with van der Waals surface area (Å²) in [5.41, 5.74) is 6.15. The number of para-hydroxylation sites is 1. The second kappa shape index (κ2) is 6.04. The molecule has 1 aromatic heterocycles. The van der Waals surface area contributed by atoms with Crippen LogP contribution in [0, 0.1) is 6.92 Å². The molecule has 0 aliphatic heterocycles. The summed E-state index contributed by atoms with van der Waals surface area (Å²) < 4.78 is 0. The van der Waals surface area contributed by atoms with E-state index in [2.05, 4.69) is 21.2 Å². The minimum absolute atomic E-state index is 0.0794. The highest BCUT2D eigenvalue weighted by atomic mass is 16.2. The molecule has 0 spiro atoms. The molecule has 118 valence electrons. The molecule has 0 radical (unpaired) electrons. The average molecular weight is 312 g/mol. The first kappa shape index (κ1) is 15.0. The van der Waals surface area contributed by atoms with Crippen LogP contribution in [0.1, 0.15) is 28.9 Å². The van der Waals surface area contributed by atoms with Gasteiger partial charge in [0.25, 0.3) is 5.91 Å². The van der Waals surface area contributed by atoms with Gasteiger partial charge in [0, 0.05) is 17.1 Å². The third-order valence-corrected chi connectivity index (χ3v) is 3.50. The van der Waals surface area contributed by atoms with E-state index in [1.807, 2.05) is 6.07 Å². The molecule has 3 rings (SSSR count). The quantitative estimate of drug-likeness (QED) is 0.558. The molecule has 1 aliphatic rings. The van der Waals surface area contributed by atoms with E-state index < -0.39 is 17.7 Å². The molecule has 23 heavy (non-hydrogen) atoms. The zero-order chi connectivity index (χ0) is 16.4. The number of aryl methyl sites for hydroxylation is 1. The van der Waals surface area contributed by atoms with E-state index in [-0.39, 0.29) is 6.04 Å². The summed E-state index contributed by atoms with van der Waals surface area (Å²) in [5, 5.41) is 3.22.